The molecule has 1 atom stereocenters. The molecular weight excluding hydrogens is 262 g/mol. The Morgan fingerprint density at radius 1 is 0.900 bits per heavy atom. The van der Waals surface area contributed by atoms with Crippen LogP contribution in [-0.4, -0.2) is 13.1 Å². The number of unbranched alkanes of at least 4 members (excludes halogenated alkanes) is 2. The summed E-state index contributed by atoms with van der Waals surface area (Å²) in [6, 6.07) is 9.07. The van der Waals surface area contributed by atoms with Crippen LogP contribution >= 0.6 is 12.6 Å². The molecule has 0 radical (unpaired) electrons. The van der Waals surface area contributed by atoms with Crippen molar-refractivity contribution >= 4 is 18.3 Å². The van der Waals surface area contributed by atoms with E-state index in [4.69, 9.17) is 0 Å². The molecule has 1 unspecified atom stereocenters. The second kappa shape index (κ2) is 10.1. The number of rotatable bonds is 10. The van der Waals surface area contributed by atoms with E-state index in [2.05, 4.69) is 62.6 Å². The molecule has 1 rings (SSSR count). The number of nitrogens with zero attached hydrogens (tertiary/aromatic N) is 1. The smallest absolute Gasteiger partial charge is 0.0366 e. The van der Waals surface area contributed by atoms with Gasteiger partial charge in [0.1, 0.15) is 0 Å². The summed E-state index contributed by atoms with van der Waals surface area (Å²) in [7, 11) is 0. The third-order valence-corrected chi connectivity index (χ3v) is 4.32. The van der Waals surface area contributed by atoms with Gasteiger partial charge >= 0.3 is 0 Å². The average Bonchev–Trinajstić information content (AvgIpc) is 2.48. The van der Waals surface area contributed by atoms with Crippen LogP contribution in [0.1, 0.15) is 70.1 Å². The van der Waals surface area contributed by atoms with Crippen LogP contribution in [0.2, 0.25) is 0 Å². The van der Waals surface area contributed by atoms with Gasteiger partial charge in [-0.25, -0.2) is 0 Å². The van der Waals surface area contributed by atoms with E-state index in [1.54, 1.807) is 0 Å². The molecule has 0 aliphatic heterocycles. The summed E-state index contributed by atoms with van der Waals surface area (Å²) in [6.45, 7) is 9.09. The molecule has 0 fully saturated rings. The molecule has 0 N–H and O–H groups in total. The van der Waals surface area contributed by atoms with Crippen molar-refractivity contribution in [2.24, 2.45) is 0 Å². The van der Waals surface area contributed by atoms with Crippen LogP contribution in [0.5, 0.6) is 0 Å². The van der Waals surface area contributed by atoms with Crippen molar-refractivity contribution in [1.29, 1.82) is 0 Å². The van der Waals surface area contributed by atoms with Gasteiger partial charge < -0.3 is 4.90 Å². The van der Waals surface area contributed by atoms with E-state index in [-0.39, 0.29) is 0 Å². The zero-order chi connectivity index (χ0) is 14.8. The minimum Gasteiger partial charge on any atom is -0.372 e. The molecule has 0 heterocycles. The Morgan fingerprint density at radius 2 is 1.45 bits per heavy atom. The fourth-order valence-electron chi connectivity index (χ4n) is 2.42. The van der Waals surface area contributed by atoms with Crippen molar-refractivity contribution < 1.29 is 0 Å². The first-order valence-electron chi connectivity index (χ1n) is 8.25. The quantitative estimate of drug-likeness (QED) is 0.528. The summed E-state index contributed by atoms with van der Waals surface area (Å²) in [5.41, 5.74) is 2.72. The molecule has 0 amide bonds. The highest BCUT2D eigenvalue weighted by Crippen LogP contribution is 2.27. The normalized spacial score (nSPS) is 12.4. The Kier molecular flexibility index (Phi) is 8.84. The zero-order valence-corrected chi connectivity index (χ0v) is 14.3. The van der Waals surface area contributed by atoms with E-state index in [1.165, 1.54) is 56.4 Å². The van der Waals surface area contributed by atoms with Gasteiger partial charge in [-0.15, -0.1) is 0 Å². The summed E-state index contributed by atoms with van der Waals surface area (Å²) in [6.07, 6.45) is 7.41. The van der Waals surface area contributed by atoms with E-state index < -0.39 is 0 Å². The lowest BCUT2D eigenvalue weighted by Gasteiger charge is -2.25. The SMILES string of the molecule is CCCCN(CCCC)c1ccc(C(S)CCC)cc1. The molecule has 2 heteroatoms. The predicted molar refractivity (Wildman–Crippen MR) is 95.1 cm³/mol. The lowest BCUT2D eigenvalue weighted by molar-refractivity contribution is 0.678. The highest BCUT2D eigenvalue weighted by Gasteiger charge is 2.08. The van der Waals surface area contributed by atoms with Crippen LogP contribution in [-0.2, 0) is 0 Å². The monoisotopic (exact) mass is 293 g/mol. The number of hydrogen-bond acceptors (Lipinski definition) is 2. The fourth-order valence-corrected chi connectivity index (χ4v) is 2.85. The van der Waals surface area contributed by atoms with Gasteiger partial charge in [-0.3, -0.25) is 0 Å². The summed E-state index contributed by atoms with van der Waals surface area (Å²) in [4.78, 5) is 2.53. The maximum atomic E-state index is 4.68. The second-order valence-corrected chi connectivity index (χ2v) is 6.21. The van der Waals surface area contributed by atoms with Crippen LogP contribution in [0, 0.1) is 0 Å². The van der Waals surface area contributed by atoms with Gasteiger partial charge in [0.05, 0.1) is 0 Å². The number of anilines is 1. The molecule has 1 nitrogen and oxygen atoms in total. The van der Waals surface area contributed by atoms with Crippen molar-refractivity contribution in [2.75, 3.05) is 18.0 Å². The van der Waals surface area contributed by atoms with E-state index in [0.717, 1.165) is 6.42 Å². The third kappa shape index (κ3) is 5.78. The molecule has 0 aromatic heterocycles. The Morgan fingerprint density at radius 3 is 1.90 bits per heavy atom. The molecule has 0 aliphatic rings. The van der Waals surface area contributed by atoms with Crippen LogP contribution in [0.4, 0.5) is 5.69 Å². The minimum atomic E-state index is 0.383. The Labute approximate surface area is 131 Å². The Balaban J connectivity index is 2.70. The highest BCUT2D eigenvalue weighted by atomic mass is 32.1. The number of benzene rings is 1. The molecule has 0 spiro atoms. The van der Waals surface area contributed by atoms with Crippen LogP contribution in [0.15, 0.2) is 24.3 Å². The van der Waals surface area contributed by atoms with Crippen molar-refractivity contribution in [3.05, 3.63) is 29.8 Å². The lowest BCUT2D eigenvalue weighted by Crippen LogP contribution is -2.25. The molecule has 0 saturated carbocycles. The van der Waals surface area contributed by atoms with E-state index in [0.29, 0.717) is 5.25 Å². The van der Waals surface area contributed by atoms with Crippen LogP contribution in [0.25, 0.3) is 0 Å². The van der Waals surface area contributed by atoms with Crippen molar-refractivity contribution in [2.45, 2.75) is 64.5 Å². The maximum Gasteiger partial charge on any atom is 0.0366 e. The lowest BCUT2D eigenvalue weighted by atomic mass is 10.1. The average molecular weight is 294 g/mol. The largest absolute Gasteiger partial charge is 0.372 e. The third-order valence-electron chi connectivity index (χ3n) is 3.77. The highest BCUT2D eigenvalue weighted by molar-refractivity contribution is 7.80. The molecule has 1 aromatic rings. The summed E-state index contributed by atoms with van der Waals surface area (Å²) >= 11 is 4.68. The summed E-state index contributed by atoms with van der Waals surface area (Å²) < 4.78 is 0. The molecule has 0 aliphatic carbocycles. The first-order chi connectivity index (χ1) is 9.72. The molecule has 114 valence electrons. The standard InChI is InChI=1S/C18H31NS/c1-4-7-14-19(15-8-5-2)17-12-10-16(11-13-17)18(20)9-6-3/h10-13,18,20H,4-9,14-15H2,1-3H3. The molecular formula is C18H31NS. The maximum absolute atomic E-state index is 4.68. The van der Waals surface area contributed by atoms with Crippen molar-refractivity contribution in [3.63, 3.8) is 0 Å². The van der Waals surface area contributed by atoms with Gasteiger partial charge in [0, 0.05) is 24.0 Å². The molecule has 1 aromatic carbocycles. The van der Waals surface area contributed by atoms with Gasteiger partial charge in [0.2, 0.25) is 0 Å². The number of hydrogen-bond donors (Lipinski definition) is 1. The van der Waals surface area contributed by atoms with Gasteiger partial charge in [0.25, 0.3) is 0 Å². The van der Waals surface area contributed by atoms with Crippen LogP contribution in [0.3, 0.4) is 0 Å². The van der Waals surface area contributed by atoms with E-state index in [9.17, 15) is 0 Å². The van der Waals surface area contributed by atoms with E-state index >= 15 is 0 Å². The molecule has 0 bridgehead atoms. The second-order valence-electron chi connectivity index (χ2n) is 5.59. The van der Waals surface area contributed by atoms with E-state index in [1.807, 2.05) is 0 Å². The number of thiol groups is 1. The molecule has 20 heavy (non-hydrogen) atoms. The minimum absolute atomic E-state index is 0.383. The summed E-state index contributed by atoms with van der Waals surface area (Å²) in [5, 5.41) is 0.383. The van der Waals surface area contributed by atoms with Gasteiger partial charge in [-0.05, 0) is 37.0 Å². The zero-order valence-electron chi connectivity index (χ0n) is 13.4. The van der Waals surface area contributed by atoms with Crippen molar-refractivity contribution in [1.82, 2.24) is 0 Å². The Bertz CT molecular complexity index is 339. The molecule has 0 saturated heterocycles. The predicted octanol–water partition coefficient (Wildman–Crippen LogP) is 5.86. The summed E-state index contributed by atoms with van der Waals surface area (Å²) in [5.74, 6) is 0. The van der Waals surface area contributed by atoms with Gasteiger partial charge in [-0.1, -0.05) is 52.2 Å². The van der Waals surface area contributed by atoms with Gasteiger partial charge in [-0.2, -0.15) is 12.6 Å². The van der Waals surface area contributed by atoms with Crippen molar-refractivity contribution in [3.8, 4) is 0 Å². The Hall–Kier alpha value is -0.630. The van der Waals surface area contributed by atoms with Crippen LogP contribution < -0.4 is 4.90 Å². The van der Waals surface area contributed by atoms with Gasteiger partial charge in [0.15, 0.2) is 0 Å². The first kappa shape index (κ1) is 17.4. The fraction of sp³-hybridized carbons (Fsp3) is 0.667. The topological polar surface area (TPSA) is 3.24 Å². The first-order valence-corrected chi connectivity index (χ1v) is 8.77.